The molecule has 3 amide bonds. The number of furan rings is 1. The van der Waals surface area contributed by atoms with Crippen LogP contribution in [-0.4, -0.2) is 28.3 Å². The van der Waals surface area contributed by atoms with Crippen LogP contribution in [0.4, 0.5) is 10.6 Å². The maximum Gasteiger partial charge on any atom is 0.315 e. The molecule has 0 unspecified atom stereocenters. The molecule has 8 nitrogen and oxygen atoms in total. The fourth-order valence-electron chi connectivity index (χ4n) is 3.02. The Morgan fingerprint density at radius 2 is 2.04 bits per heavy atom. The van der Waals surface area contributed by atoms with Crippen LogP contribution in [0.2, 0.25) is 0 Å². The lowest BCUT2D eigenvalue weighted by Gasteiger charge is -2.23. The lowest BCUT2D eigenvalue weighted by Crippen LogP contribution is -2.39. The molecule has 3 rings (SSSR count). The topological polar surface area (TPSA) is 101 Å². The van der Waals surface area contributed by atoms with Gasteiger partial charge in [-0.3, -0.25) is 4.79 Å². The number of hydrogen-bond donors (Lipinski definition) is 3. The summed E-state index contributed by atoms with van der Waals surface area (Å²) in [5, 5.41) is 12.3. The Kier molecular flexibility index (Phi) is 5.71. The van der Waals surface area contributed by atoms with Crippen molar-refractivity contribution in [2.24, 2.45) is 0 Å². The largest absolute Gasteiger partial charge is 0.467 e. The van der Waals surface area contributed by atoms with E-state index in [0.29, 0.717) is 17.6 Å². The maximum atomic E-state index is 12.1. The number of nitrogens with one attached hydrogen (secondary N) is 3. The number of carbonyl (C=O) groups excluding carboxylic acids is 2. The molecular weight excluding hydrogens is 322 g/mol. The van der Waals surface area contributed by atoms with Gasteiger partial charge in [0.15, 0.2) is 0 Å². The van der Waals surface area contributed by atoms with E-state index in [1.807, 2.05) is 4.68 Å². The second-order valence-electron chi connectivity index (χ2n) is 6.12. The molecular formula is C17H23N5O3. The summed E-state index contributed by atoms with van der Waals surface area (Å²) in [5.74, 6) is 1.04. The summed E-state index contributed by atoms with van der Waals surface area (Å²) in [5.41, 5.74) is 0. The van der Waals surface area contributed by atoms with Gasteiger partial charge in [-0.05, 0) is 25.0 Å². The smallest absolute Gasteiger partial charge is 0.315 e. The van der Waals surface area contributed by atoms with Crippen LogP contribution in [-0.2, 0) is 11.3 Å². The molecule has 25 heavy (non-hydrogen) atoms. The molecule has 134 valence electrons. The minimum Gasteiger partial charge on any atom is -0.467 e. The number of aromatic nitrogens is 2. The van der Waals surface area contributed by atoms with Crippen molar-refractivity contribution in [1.29, 1.82) is 0 Å². The van der Waals surface area contributed by atoms with E-state index in [4.69, 9.17) is 4.42 Å². The van der Waals surface area contributed by atoms with Crippen molar-refractivity contribution in [2.45, 2.75) is 44.7 Å². The van der Waals surface area contributed by atoms with Crippen LogP contribution >= 0.6 is 0 Å². The average Bonchev–Trinajstić information content (AvgIpc) is 3.30. The van der Waals surface area contributed by atoms with Crippen LogP contribution in [0.1, 0.15) is 43.9 Å². The Balaban J connectivity index is 1.43. The quantitative estimate of drug-likeness (QED) is 0.748. The van der Waals surface area contributed by atoms with E-state index in [2.05, 4.69) is 21.0 Å². The van der Waals surface area contributed by atoms with Crippen LogP contribution in [0.3, 0.4) is 0 Å². The van der Waals surface area contributed by atoms with Gasteiger partial charge in [-0.15, -0.1) is 0 Å². The highest BCUT2D eigenvalue weighted by atomic mass is 16.3. The SMILES string of the molecule is O=C(CNC(=O)NCc1ccco1)Nc1ccnn1C1CCCCC1. The Morgan fingerprint density at radius 1 is 1.20 bits per heavy atom. The third kappa shape index (κ3) is 4.85. The molecule has 8 heteroatoms. The lowest BCUT2D eigenvalue weighted by atomic mass is 9.96. The zero-order valence-electron chi connectivity index (χ0n) is 14.0. The second-order valence-corrected chi connectivity index (χ2v) is 6.12. The fraction of sp³-hybridized carbons (Fsp3) is 0.471. The monoisotopic (exact) mass is 345 g/mol. The molecule has 2 heterocycles. The zero-order valence-corrected chi connectivity index (χ0v) is 14.0. The standard InChI is InChI=1S/C17H23N5O3/c23-16(12-19-17(24)18-11-14-7-4-10-25-14)21-15-8-9-20-22(15)13-5-2-1-3-6-13/h4,7-10,13H,1-3,5-6,11-12H2,(H,21,23)(H2,18,19,24). The Bertz CT molecular complexity index is 689. The van der Waals surface area contributed by atoms with E-state index in [0.717, 1.165) is 12.8 Å². The number of carbonyl (C=O) groups is 2. The lowest BCUT2D eigenvalue weighted by molar-refractivity contribution is -0.115. The molecule has 1 fully saturated rings. The number of rotatable bonds is 6. The first-order valence-corrected chi connectivity index (χ1v) is 8.60. The van der Waals surface area contributed by atoms with Gasteiger partial charge in [0.1, 0.15) is 11.6 Å². The third-order valence-electron chi connectivity index (χ3n) is 4.27. The first-order chi connectivity index (χ1) is 12.2. The minimum absolute atomic E-state index is 0.111. The van der Waals surface area contributed by atoms with E-state index in [1.165, 1.54) is 25.5 Å². The predicted octanol–water partition coefficient (Wildman–Crippen LogP) is 2.42. The van der Waals surface area contributed by atoms with E-state index >= 15 is 0 Å². The summed E-state index contributed by atoms with van der Waals surface area (Å²) in [7, 11) is 0. The Hall–Kier alpha value is -2.77. The fourth-order valence-corrected chi connectivity index (χ4v) is 3.02. The van der Waals surface area contributed by atoms with Gasteiger partial charge >= 0.3 is 6.03 Å². The highest BCUT2D eigenvalue weighted by Gasteiger charge is 2.19. The third-order valence-corrected chi connectivity index (χ3v) is 4.27. The van der Waals surface area contributed by atoms with E-state index < -0.39 is 6.03 Å². The van der Waals surface area contributed by atoms with Gasteiger partial charge in [-0.25, -0.2) is 9.48 Å². The summed E-state index contributed by atoms with van der Waals surface area (Å²) < 4.78 is 7.00. The predicted molar refractivity (Wildman–Crippen MR) is 91.9 cm³/mol. The van der Waals surface area contributed by atoms with Crippen LogP contribution < -0.4 is 16.0 Å². The van der Waals surface area contributed by atoms with Gasteiger partial charge in [0.25, 0.3) is 0 Å². The highest BCUT2D eigenvalue weighted by molar-refractivity contribution is 5.93. The van der Waals surface area contributed by atoms with Crippen molar-refractivity contribution in [3.63, 3.8) is 0 Å². The number of nitrogens with zero attached hydrogens (tertiary/aromatic N) is 2. The van der Waals surface area contributed by atoms with Crippen LogP contribution in [0.25, 0.3) is 0 Å². The number of urea groups is 1. The molecule has 0 atom stereocenters. The molecule has 0 radical (unpaired) electrons. The van der Waals surface area contributed by atoms with Gasteiger partial charge in [-0.1, -0.05) is 19.3 Å². The molecule has 2 aromatic rings. The molecule has 0 spiro atoms. The minimum atomic E-state index is -0.424. The summed E-state index contributed by atoms with van der Waals surface area (Å²) in [6.07, 6.45) is 9.03. The summed E-state index contributed by atoms with van der Waals surface area (Å²) in [4.78, 5) is 23.8. The van der Waals surface area contributed by atoms with Gasteiger partial charge in [0.05, 0.1) is 31.6 Å². The molecule has 0 aromatic carbocycles. The van der Waals surface area contributed by atoms with Crippen LogP contribution in [0.5, 0.6) is 0 Å². The first-order valence-electron chi connectivity index (χ1n) is 8.60. The molecule has 1 aliphatic carbocycles. The molecule has 0 bridgehead atoms. The molecule has 0 aliphatic heterocycles. The number of amides is 3. The van der Waals surface area contributed by atoms with Gasteiger partial charge in [0.2, 0.25) is 5.91 Å². The van der Waals surface area contributed by atoms with Crippen molar-refractivity contribution in [3.05, 3.63) is 36.4 Å². The molecule has 3 N–H and O–H groups in total. The van der Waals surface area contributed by atoms with Gasteiger partial charge < -0.3 is 20.4 Å². The van der Waals surface area contributed by atoms with Gasteiger partial charge in [-0.2, -0.15) is 5.10 Å². The Morgan fingerprint density at radius 3 is 2.80 bits per heavy atom. The summed E-state index contributed by atoms with van der Waals surface area (Å²) in [6, 6.07) is 5.21. The van der Waals surface area contributed by atoms with E-state index in [9.17, 15) is 9.59 Å². The van der Waals surface area contributed by atoms with Crippen molar-refractivity contribution in [1.82, 2.24) is 20.4 Å². The molecule has 2 aromatic heterocycles. The zero-order chi connectivity index (χ0) is 17.5. The Labute approximate surface area is 146 Å². The molecule has 0 saturated heterocycles. The second kappa shape index (κ2) is 8.36. The first kappa shape index (κ1) is 17.1. The van der Waals surface area contributed by atoms with Crippen molar-refractivity contribution in [3.8, 4) is 0 Å². The average molecular weight is 345 g/mol. The van der Waals surface area contributed by atoms with E-state index in [1.54, 1.807) is 24.4 Å². The van der Waals surface area contributed by atoms with Gasteiger partial charge in [0, 0.05) is 6.07 Å². The van der Waals surface area contributed by atoms with Crippen molar-refractivity contribution >= 4 is 17.8 Å². The molecule has 1 aliphatic rings. The van der Waals surface area contributed by atoms with Crippen LogP contribution in [0.15, 0.2) is 35.1 Å². The highest BCUT2D eigenvalue weighted by Crippen LogP contribution is 2.29. The number of hydrogen-bond acceptors (Lipinski definition) is 4. The van der Waals surface area contributed by atoms with Crippen molar-refractivity contribution in [2.75, 3.05) is 11.9 Å². The van der Waals surface area contributed by atoms with Crippen LogP contribution in [0, 0.1) is 0 Å². The normalized spacial score (nSPS) is 14.9. The van der Waals surface area contributed by atoms with E-state index in [-0.39, 0.29) is 19.0 Å². The summed E-state index contributed by atoms with van der Waals surface area (Å²) in [6.45, 7) is 0.161. The molecule has 1 saturated carbocycles. The van der Waals surface area contributed by atoms with Crippen molar-refractivity contribution < 1.29 is 14.0 Å². The maximum absolute atomic E-state index is 12.1. The summed E-state index contributed by atoms with van der Waals surface area (Å²) >= 11 is 0. The number of anilines is 1.